The Kier molecular flexibility index (Phi) is 6.32. The first kappa shape index (κ1) is 24.1. The van der Waals surface area contributed by atoms with Crippen LogP contribution in [0.5, 0.6) is 0 Å². The summed E-state index contributed by atoms with van der Waals surface area (Å²) in [6.45, 7) is 1.20. The second kappa shape index (κ2) is 8.65. The summed E-state index contributed by atoms with van der Waals surface area (Å²) in [6, 6.07) is 3.51. The number of piperidine rings is 1. The van der Waals surface area contributed by atoms with Crippen molar-refractivity contribution in [3.05, 3.63) is 23.8 Å². The Morgan fingerprint density at radius 1 is 1.12 bits per heavy atom. The molecule has 1 spiro atoms. The molecule has 1 amide bonds. The number of aliphatic hydroxyl groups excluding tert-OH is 1. The van der Waals surface area contributed by atoms with E-state index in [-0.39, 0.29) is 36.0 Å². The maximum Gasteiger partial charge on any atom is 0.418 e. The third kappa shape index (κ3) is 5.08. The number of likely N-dealkylation sites (tertiary alicyclic amines) is 1. The summed E-state index contributed by atoms with van der Waals surface area (Å²) in [5.74, 6) is 0.0116. The summed E-state index contributed by atoms with van der Waals surface area (Å²) in [5.41, 5.74) is -1.81. The summed E-state index contributed by atoms with van der Waals surface area (Å²) < 4.78 is 66.7. The molecule has 1 saturated carbocycles. The van der Waals surface area contributed by atoms with Crippen LogP contribution in [0.15, 0.2) is 18.2 Å². The van der Waals surface area contributed by atoms with Crippen LogP contribution in [0.4, 0.5) is 24.5 Å². The fourth-order valence-corrected chi connectivity index (χ4v) is 6.15. The summed E-state index contributed by atoms with van der Waals surface area (Å²) >= 11 is 0. The number of carbonyl (C=O) groups is 1. The molecule has 2 N–H and O–H groups in total. The van der Waals surface area contributed by atoms with E-state index in [2.05, 4.69) is 4.72 Å². The highest BCUT2D eigenvalue weighted by molar-refractivity contribution is 7.92. The van der Waals surface area contributed by atoms with E-state index in [1.54, 1.807) is 4.90 Å². The second-order valence-corrected chi connectivity index (χ2v) is 11.4. The van der Waals surface area contributed by atoms with E-state index in [1.807, 2.05) is 4.90 Å². The lowest BCUT2D eigenvalue weighted by atomic mass is 9.78. The number of hydrogen-bond donors (Lipinski definition) is 2. The molecule has 1 aromatic carbocycles. The van der Waals surface area contributed by atoms with Crippen molar-refractivity contribution in [3.8, 4) is 0 Å². The minimum absolute atomic E-state index is 0.0116. The predicted octanol–water partition coefficient (Wildman–Crippen LogP) is 3.20. The van der Waals surface area contributed by atoms with E-state index in [4.69, 9.17) is 0 Å². The van der Waals surface area contributed by atoms with Crippen LogP contribution in [0, 0.1) is 5.41 Å². The zero-order valence-corrected chi connectivity index (χ0v) is 19.4. The highest BCUT2D eigenvalue weighted by Gasteiger charge is 2.51. The molecule has 33 heavy (non-hydrogen) atoms. The van der Waals surface area contributed by atoms with Crippen molar-refractivity contribution >= 4 is 27.3 Å². The van der Waals surface area contributed by atoms with Crippen molar-refractivity contribution in [1.82, 2.24) is 4.90 Å². The zero-order valence-electron chi connectivity index (χ0n) is 18.6. The van der Waals surface area contributed by atoms with Gasteiger partial charge in [-0.2, -0.15) is 13.2 Å². The molecule has 4 rings (SSSR count). The first-order chi connectivity index (χ1) is 15.4. The Labute approximate surface area is 192 Å². The van der Waals surface area contributed by atoms with E-state index < -0.39 is 27.2 Å². The molecule has 1 aromatic rings. The quantitative estimate of drug-likeness (QED) is 0.678. The number of benzene rings is 1. The summed E-state index contributed by atoms with van der Waals surface area (Å²) in [5, 5.41) is 9.77. The monoisotopic (exact) mass is 489 g/mol. The number of nitrogens with zero attached hydrogens (tertiary/aromatic N) is 2. The van der Waals surface area contributed by atoms with Crippen LogP contribution >= 0.6 is 0 Å². The number of nitrogens with one attached hydrogen (secondary N) is 1. The lowest BCUT2D eigenvalue weighted by Gasteiger charge is -2.42. The highest BCUT2D eigenvalue weighted by atomic mass is 32.2. The maximum atomic E-state index is 13.9. The Hall–Kier alpha value is -2.01. The van der Waals surface area contributed by atoms with Crippen LogP contribution < -0.4 is 9.62 Å². The van der Waals surface area contributed by atoms with E-state index in [0.717, 1.165) is 25.2 Å². The average Bonchev–Trinajstić information content (AvgIpc) is 3.02. The van der Waals surface area contributed by atoms with Gasteiger partial charge in [0, 0.05) is 37.1 Å². The Morgan fingerprint density at radius 2 is 1.82 bits per heavy atom. The molecular formula is C22H30F3N3O4S. The summed E-state index contributed by atoms with van der Waals surface area (Å²) in [7, 11) is -3.72. The largest absolute Gasteiger partial charge is 0.418 e. The van der Waals surface area contributed by atoms with Gasteiger partial charge in [0.25, 0.3) is 0 Å². The van der Waals surface area contributed by atoms with Crippen molar-refractivity contribution in [2.45, 2.75) is 63.3 Å². The van der Waals surface area contributed by atoms with Crippen molar-refractivity contribution in [1.29, 1.82) is 0 Å². The van der Waals surface area contributed by atoms with E-state index in [9.17, 15) is 31.5 Å². The topological polar surface area (TPSA) is 90.0 Å². The van der Waals surface area contributed by atoms with Crippen LogP contribution in [-0.2, 0) is 21.0 Å². The normalized spacial score (nSPS) is 29.1. The fourth-order valence-electron chi connectivity index (χ4n) is 5.60. The van der Waals surface area contributed by atoms with Gasteiger partial charge < -0.3 is 14.9 Å². The first-order valence-electron chi connectivity index (χ1n) is 11.3. The van der Waals surface area contributed by atoms with Gasteiger partial charge in [0.15, 0.2) is 0 Å². The smallest absolute Gasteiger partial charge is 0.393 e. The van der Waals surface area contributed by atoms with Crippen LogP contribution in [0.3, 0.4) is 0 Å². The number of carbonyl (C=O) groups excluding carboxylic acids is 1. The molecule has 0 bridgehead atoms. The van der Waals surface area contributed by atoms with Gasteiger partial charge in [-0.3, -0.25) is 9.52 Å². The second-order valence-electron chi connectivity index (χ2n) is 9.62. The van der Waals surface area contributed by atoms with Gasteiger partial charge in [-0.15, -0.1) is 0 Å². The molecule has 2 heterocycles. The van der Waals surface area contributed by atoms with Gasteiger partial charge in [-0.05, 0) is 63.1 Å². The molecule has 1 atom stereocenters. The number of hydrogen-bond acceptors (Lipinski definition) is 5. The molecule has 0 unspecified atom stereocenters. The molecule has 11 heteroatoms. The Morgan fingerprint density at radius 3 is 2.45 bits per heavy atom. The van der Waals surface area contributed by atoms with Crippen molar-refractivity contribution in [2.24, 2.45) is 5.41 Å². The van der Waals surface area contributed by atoms with E-state index in [1.165, 1.54) is 12.1 Å². The van der Waals surface area contributed by atoms with Crippen LogP contribution in [0.2, 0.25) is 0 Å². The lowest BCUT2D eigenvalue weighted by Crippen LogP contribution is -2.50. The third-order valence-corrected chi connectivity index (χ3v) is 7.78. The standard InChI is InChI=1S/C22H30F3N3O4S/c1-33(31,32)26-15-3-8-19(18(13-15)22(23,24)25)27-11-2-9-21(14-27)10-12-28(20(21)30)16-4-6-17(29)7-5-16/h3,8,13,16-17,26,29H,2,4-7,9-12,14H2,1H3/t16?,17?,21-/m0/s1. The molecule has 0 aromatic heterocycles. The zero-order chi connectivity index (χ0) is 24.0. The molecular weight excluding hydrogens is 459 g/mol. The van der Waals surface area contributed by atoms with Gasteiger partial charge in [0.2, 0.25) is 15.9 Å². The Bertz CT molecular complexity index is 1010. The molecule has 1 aliphatic carbocycles. The number of halogens is 3. The molecule has 3 fully saturated rings. The number of rotatable bonds is 4. The third-order valence-electron chi connectivity index (χ3n) is 7.18. The van der Waals surface area contributed by atoms with Gasteiger partial charge in [0.05, 0.1) is 23.3 Å². The van der Waals surface area contributed by atoms with Crippen LogP contribution in [0.1, 0.15) is 50.5 Å². The van der Waals surface area contributed by atoms with E-state index in [0.29, 0.717) is 45.2 Å². The number of amides is 1. The van der Waals surface area contributed by atoms with Crippen molar-refractivity contribution in [3.63, 3.8) is 0 Å². The molecule has 7 nitrogen and oxygen atoms in total. The van der Waals surface area contributed by atoms with Gasteiger partial charge in [0.1, 0.15) is 0 Å². The Balaban J connectivity index is 1.58. The number of anilines is 2. The summed E-state index contributed by atoms with van der Waals surface area (Å²) in [6.07, 6.45) is 0.561. The lowest BCUT2D eigenvalue weighted by molar-refractivity contribution is -0.139. The van der Waals surface area contributed by atoms with Gasteiger partial charge in [-0.1, -0.05) is 0 Å². The molecule has 184 valence electrons. The fraction of sp³-hybridized carbons (Fsp3) is 0.682. The maximum absolute atomic E-state index is 13.9. The van der Waals surface area contributed by atoms with Crippen molar-refractivity contribution < 1.29 is 31.5 Å². The van der Waals surface area contributed by atoms with Crippen molar-refractivity contribution in [2.75, 3.05) is 35.5 Å². The average molecular weight is 490 g/mol. The van der Waals surface area contributed by atoms with Gasteiger partial charge >= 0.3 is 6.18 Å². The number of sulfonamides is 1. The minimum Gasteiger partial charge on any atom is -0.393 e. The molecule has 3 aliphatic rings. The predicted molar refractivity (Wildman–Crippen MR) is 118 cm³/mol. The SMILES string of the molecule is CS(=O)(=O)Nc1ccc(N2CCC[C@]3(CCN(C4CCC(O)CC4)C3=O)C2)c(C(F)(F)F)c1. The van der Waals surface area contributed by atoms with Crippen LogP contribution in [-0.4, -0.2) is 62.4 Å². The molecule has 0 radical (unpaired) electrons. The highest BCUT2D eigenvalue weighted by Crippen LogP contribution is 2.46. The van der Waals surface area contributed by atoms with Crippen LogP contribution in [0.25, 0.3) is 0 Å². The first-order valence-corrected chi connectivity index (χ1v) is 13.2. The van der Waals surface area contributed by atoms with E-state index >= 15 is 0 Å². The molecule has 2 saturated heterocycles. The van der Waals surface area contributed by atoms with Gasteiger partial charge in [-0.25, -0.2) is 8.42 Å². The number of aliphatic hydroxyl groups is 1. The summed E-state index contributed by atoms with van der Waals surface area (Å²) in [4.78, 5) is 17.0. The minimum atomic E-state index is -4.68. The molecule has 2 aliphatic heterocycles. The number of alkyl halides is 3.